The van der Waals surface area contributed by atoms with Gasteiger partial charge < -0.3 is 25.4 Å². The van der Waals surface area contributed by atoms with Crippen LogP contribution >= 0.6 is 0 Å². The predicted molar refractivity (Wildman–Crippen MR) is 73.7 cm³/mol. The van der Waals surface area contributed by atoms with Crippen LogP contribution in [0.3, 0.4) is 0 Å². The van der Waals surface area contributed by atoms with Gasteiger partial charge in [-0.15, -0.1) is 0 Å². The molecule has 0 unspecified atom stereocenters. The van der Waals surface area contributed by atoms with Crippen LogP contribution in [0.1, 0.15) is 19.4 Å². The van der Waals surface area contributed by atoms with Gasteiger partial charge in [0.25, 0.3) is 0 Å². The second-order valence-electron chi connectivity index (χ2n) is 4.89. The fourth-order valence-corrected chi connectivity index (χ4v) is 1.66. The summed E-state index contributed by atoms with van der Waals surface area (Å²) in [5.41, 5.74) is 5.17. The number of phenolic OH excluding ortho intramolecular Hbond substituents is 2. The summed E-state index contributed by atoms with van der Waals surface area (Å²) in [4.78, 5) is 22.4. The molecule has 0 aliphatic rings. The molecule has 1 rings (SSSR count). The third kappa shape index (κ3) is 5.31. The van der Waals surface area contributed by atoms with Crippen molar-refractivity contribution in [2.75, 3.05) is 13.2 Å². The van der Waals surface area contributed by atoms with Crippen LogP contribution in [0, 0.1) is 0 Å². The highest BCUT2D eigenvalue weighted by Gasteiger charge is 2.30. The highest BCUT2D eigenvalue weighted by molar-refractivity contribution is 5.80. The average molecular weight is 297 g/mol. The zero-order valence-corrected chi connectivity index (χ0v) is 12.0. The van der Waals surface area contributed by atoms with E-state index in [9.17, 15) is 19.8 Å². The maximum absolute atomic E-state index is 11.9. The summed E-state index contributed by atoms with van der Waals surface area (Å²) in [6.45, 7) is 2.64. The monoisotopic (exact) mass is 297 g/mol. The molecule has 0 heterocycles. The number of esters is 2. The molecule has 0 aliphatic heterocycles. The molecule has 0 aliphatic carbocycles. The molecule has 0 radical (unpaired) electrons. The van der Waals surface area contributed by atoms with Gasteiger partial charge in [0, 0.05) is 13.3 Å². The third-order valence-electron chi connectivity index (χ3n) is 2.70. The van der Waals surface area contributed by atoms with E-state index < -0.39 is 17.5 Å². The Balaban J connectivity index is 2.56. The Morgan fingerprint density at radius 1 is 1.19 bits per heavy atom. The maximum atomic E-state index is 11.9. The van der Waals surface area contributed by atoms with E-state index in [0.717, 1.165) is 0 Å². The van der Waals surface area contributed by atoms with Crippen LogP contribution in [-0.2, 0) is 25.5 Å². The number of hydrogen-bond donors (Lipinski definition) is 3. The van der Waals surface area contributed by atoms with Crippen molar-refractivity contribution in [1.29, 1.82) is 0 Å². The van der Waals surface area contributed by atoms with Gasteiger partial charge in [-0.1, -0.05) is 6.07 Å². The van der Waals surface area contributed by atoms with Crippen molar-refractivity contribution in [3.63, 3.8) is 0 Å². The number of hydrogen-bond acceptors (Lipinski definition) is 7. The molecule has 7 nitrogen and oxygen atoms in total. The van der Waals surface area contributed by atoms with Gasteiger partial charge in [0.2, 0.25) is 0 Å². The summed E-state index contributed by atoms with van der Waals surface area (Å²) in [5.74, 6) is -1.64. The van der Waals surface area contributed by atoms with Crippen LogP contribution in [0.5, 0.6) is 11.5 Å². The first-order chi connectivity index (χ1) is 9.72. The Kier molecular flexibility index (Phi) is 5.54. The molecule has 116 valence electrons. The van der Waals surface area contributed by atoms with Gasteiger partial charge in [-0.3, -0.25) is 9.59 Å². The summed E-state index contributed by atoms with van der Waals surface area (Å²) in [6.07, 6.45) is 0.118. The summed E-state index contributed by atoms with van der Waals surface area (Å²) in [7, 11) is 0. The summed E-state index contributed by atoms with van der Waals surface area (Å²) < 4.78 is 9.56. The van der Waals surface area contributed by atoms with Gasteiger partial charge in [-0.25, -0.2) is 0 Å². The van der Waals surface area contributed by atoms with Gasteiger partial charge in [0.15, 0.2) is 11.5 Å². The summed E-state index contributed by atoms with van der Waals surface area (Å²) in [5, 5.41) is 18.6. The molecule has 0 saturated heterocycles. The number of phenols is 2. The molecule has 0 aromatic heterocycles. The molecule has 0 saturated carbocycles. The van der Waals surface area contributed by atoms with E-state index in [0.29, 0.717) is 5.56 Å². The highest BCUT2D eigenvalue weighted by Crippen LogP contribution is 2.26. The Labute approximate surface area is 122 Å². The van der Waals surface area contributed by atoms with Crippen LogP contribution in [0.2, 0.25) is 0 Å². The number of carbonyl (C=O) groups excluding carboxylic acids is 2. The van der Waals surface area contributed by atoms with Crippen LogP contribution in [0.15, 0.2) is 18.2 Å². The minimum Gasteiger partial charge on any atom is -0.504 e. The molecule has 21 heavy (non-hydrogen) atoms. The fourth-order valence-electron chi connectivity index (χ4n) is 1.66. The fraction of sp³-hybridized carbons (Fsp3) is 0.429. The average Bonchev–Trinajstić information content (AvgIpc) is 2.38. The number of benzene rings is 1. The Bertz CT molecular complexity index is 526. The quantitative estimate of drug-likeness (QED) is 0.396. The highest BCUT2D eigenvalue weighted by atomic mass is 16.6. The molecule has 1 atom stereocenters. The Morgan fingerprint density at radius 3 is 2.38 bits per heavy atom. The van der Waals surface area contributed by atoms with Crippen LogP contribution in [-0.4, -0.2) is 40.9 Å². The number of nitrogens with two attached hydrogens (primary N) is 1. The lowest BCUT2D eigenvalue weighted by Gasteiger charge is -2.22. The number of aromatic hydroxyl groups is 2. The first-order valence-corrected chi connectivity index (χ1v) is 6.32. The van der Waals surface area contributed by atoms with E-state index in [1.807, 2.05) is 0 Å². The molecule has 7 heteroatoms. The van der Waals surface area contributed by atoms with Gasteiger partial charge in [0.1, 0.15) is 18.8 Å². The van der Waals surface area contributed by atoms with Crippen molar-refractivity contribution in [3.05, 3.63) is 23.8 Å². The Morgan fingerprint density at radius 2 is 1.81 bits per heavy atom. The van der Waals surface area contributed by atoms with Crippen molar-refractivity contribution >= 4 is 11.9 Å². The lowest BCUT2D eigenvalue weighted by atomic mass is 9.94. The standard InChI is InChI=1S/C14H19NO6/c1-9(16)20-5-6-21-13(19)14(2,15)8-10-3-4-11(17)12(18)7-10/h3-4,7,17-18H,5-6,8,15H2,1-2H3/t14-/m0/s1. The molecule has 0 fully saturated rings. The van der Waals surface area contributed by atoms with Gasteiger partial charge in [-0.2, -0.15) is 0 Å². The maximum Gasteiger partial charge on any atom is 0.326 e. The molecule has 0 spiro atoms. The minimum absolute atomic E-state index is 0.0306. The molecule has 4 N–H and O–H groups in total. The van der Waals surface area contributed by atoms with Crippen molar-refractivity contribution in [3.8, 4) is 11.5 Å². The first-order valence-electron chi connectivity index (χ1n) is 6.32. The molecular weight excluding hydrogens is 278 g/mol. The molecular formula is C14H19NO6. The molecule has 0 bridgehead atoms. The van der Waals surface area contributed by atoms with Crippen LogP contribution in [0.4, 0.5) is 0 Å². The lowest BCUT2D eigenvalue weighted by molar-refractivity contribution is -0.154. The summed E-state index contributed by atoms with van der Waals surface area (Å²) >= 11 is 0. The zero-order chi connectivity index (χ0) is 16.0. The predicted octanol–water partition coefficient (Wildman–Crippen LogP) is 0.464. The second kappa shape index (κ2) is 6.94. The van der Waals surface area contributed by atoms with Crippen LogP contribution in [0.25, 0.3) is 0 Å². The largest absolute Gasteiger partial charge is 0.504 e. The number of ether oxygens (including phenoxy) is 2. The topological polar surface area (TPSA) is 119 Å². The van der Waals surface area contributed by atoms with Gasteiger partial charge in [-0.05, 0) is 24.6 Å². The van der Waals surface area contributed by atoms with Crippen molar-refractivity contribution < 1.29 is 29.3 Å². The number of carbonyl (C=O) groups is 2. The molecule has 1 aromatic carbocycles. The van der Waals surface area contributed by atoms with Crippen LogP contribution < -0.4 is 5.73 Å². The second-order valence-corrected chi connectivity index (χ2v) is 4.89. The smallest absolute Gasteiger partial charge is 0.326 e. The molecule has 1 aromatic rings. The minimum atomic E-state index is -1.31. The van der Waals surface area contributed by atoms with E-state index in [-0.39, 0.29) is 31.1 Å². The number of rotatable bonds is 6. The van der Waals surface area contributed by atoms with E-state index in [4.69, 9.17) is 10.5 Å². The normalized spacial score (nSPS) is 13.3. The van der Waals surface area contributed by atoms with E-state index in [2.05, 4.69) is 4.74 Å². The van der Waals surface area contributed by atoms with Crippen molar-refractivity contribution in [2.45, 2.75) is 25.8 Å². The van der Waals surface area contributed by atoms with Crippen molar-refractivity contribution in [2.24, 2.45) is 5.73 Å². The third-order valence-corrected chi connectivity index (χ3v) is 2.70. The van der Waals surface area contributed by atoms with Gasteiger partial charge in [0.05, 0.1) is 0 Å². The van der Waals surface area contributed by atoms with Gasteiger partial charge >= 0.3 is 11.9 Å². The first kappa shape index (κ1) is 16.8. The Hall–Kier alpha value is -2.28. The SMILES string of the molecule is CC(=O)OCCOC(=O)[C@@](C)(N)Cc1ccc(O)c(O)c1. The summed E-state index contributed by atoms with van der Waals surface area (Å²) in [6, 6.07) is 4.19. The van der Waals surface area contributed by atoms with E-state index >= 15 is 0 Å². The van der Waals surface area contributed by atoms with Crippen molar-refractivity contribution in [1.82, 2.24) is 0 Å². The zero-order valence-electron chi connectivity index (χ0n) is 12.0. The lowest BCUT2D eigenvalue weighted by Crippen LogP contribution is -2.48. The van der Waals surface area contributed by atoms with E-state index in [1.54, 1.807) is 6.07 Å². The van der Waals surface area contributed by atoms with E-state index in [1.165, 1.54) is 26.0 Å². The molecule has 0 amide bonds.